The maximum absolute atomic E-state index is 14.3. The summed E-state index contributed by atoms with van der Waals surface area (Å²) < 4.78 is 55.5. The highest BCUT2D eigenvalue weighted by Crippen LogP contribution is 2.41. The predicted molar refractivity (Wildman–Crippen MR) is 84.9 cm³/mol. The molecule has 0 aromatic heterocycles. The van der Waals surface area contributed by atoms with E-state index in [1.165, 1.54) is 6.92 Å². The highest BCUT2D eigenvalue weighted by Gasteiger charge is 2.47. The fraction of sp³-hybridized carbons (Fsp3) is 0.316. The molecule has 0 amide bonds. The lowest BCUT2D eigenvalue weighted by Gasteiger charge is -2.29. The Morgan fingerprint density at radius 2 is 1.80 bits per heavy atom. The van der Waals surface area contributed by atoms with Gasteiger partial charge in [-0.1, -0.05) is 37.3 Å². The van der Waals surface area contributed by atoms with Crippen LogP contribution in [-0.4, -0.2) is 24.3 Å². The van der Waals surface area contributed by atoms with Crippen molar-refractivity contribution in [2.45, 2.75) is 18.9 Å². The van der Waals surface area contributed by atoms with Gasteiger partial charge in [0.1, 0.15) is 12.1 Å². The van der Waals surface area contributed by atoms with E-state index >= 15 is 0 Å². The number of hydrogen-bond acceptors (Lipinski definition) is 2. The topological polar surface area (TPSA) is 20.3 Å². The lowest BCUT2D eigenvalue weighted by atomic mass is 9.74. The van der Waals surface area contributed by atoms with Crippen molar-refractivity contribution < 1.29 is 22.4 Å². The first kappa shape index (κ1) is 17.6. The average Bonchev–Trinajstić information content (AvgIpc) is 2.89. The third kappa shape index (κ3) is 3.06. The molecule has 2 unspecified atom stereocenters. The highest BCUT2D eigenvalue weighted by molar-refractivity contribution is 5.59. The first-order valence-electron chi connectivity index (χ1n) is 7.92. The van der Waals surface area contributed by atoms with Crippen molar-refractivity contribution in [3.63, 3.8) is 0 Å². The first-order valence-corrected chi connectivity index (χ1v) is 7.92. The Morgan fingerprint density at radius 1 is 1.12 bits per heavy atom. The Labute approximate surface area is 143 Å². The molecule has 1 heterocycles. The second kappa shape index (κ2) is 6.59. The van der Waals surface area contributed by atoms with Gasteiger partial charge in [-0.15, -0.1) is 0 Å². The minimum atomic E-state index is -1.72. The van der Waals surface area contributed by atoms with E-state index in [9.17, 15) is 22.4 Å². The monoisotopic (exact) mass is 351 g/mol. The van der Waals surface area contributed by atoms with Crippen molar-refractivity contribution in [2.24, 2.45) is 5.92 Å². The molecule has 2 nitrogen and oxygen atoms in total. The normalized spacial score (nSPS) is 23.8. The van der Waals surface area contributed by atoms with Crippen LogP contribution in [0.25, 0.3) is 0 Å². The zero-order valence-electron chi connectivity index (χ0n) is 13.6. The van der Waals surface area contributed by atoms with Crippen LogP contribution in [0.4, 0.5) is 17.6 Å². The van der Waals surface area contributed by atoms with E-state index < -0.39 is 40.2 Å². The van der Waals surface area contributed by atoms with Crippen LogP contribution >= 0.6 is 0 Å². The van der Waals surface area contributed by atoms with Gasteiger partial charge in [0.2, 0.25) is 0 Å². The number of hydrogen-bond donors (Lipinski definition) is 0. The van der Waals surface area contributed by atoms with Gasteiger partial charge in [-0.05, 0) is 5.56 Å². The van der Waals surface area contributed by atoms with Crippen LogP contribution in [0.3, 0.4) is 0 Å². The SMILES string of the molecule is CC1(c2c(F)cc(F)c(F)c2F)CN(Cc2ccccc2)CC1C=O. The van der Waals surface area contributed by atoms with E-state index in [0.29, 0.717) is 18.9 Å². The van der Waals surface area contributed by atoms with Gasteiger partial charge < -0.3 is 4.79 Å². The number of rotatable bonds is 4. The molecule has 6 heteroatoms. The number of carbonyl (C=O) groups is 1. The standard InChI is InChI=1S/C19H17F4NO/c1-19(16-14(20)7-15(21)17(22)18(16)23)11-24(9-13(19)10-25)8-12-5-3-2-4-6-12/h2-7,10,13H,8-9,11H2,1H3. The predicted octanol–water partition coefficient (Wildman–Crippen LogP) is 3.83. The molecule has 0 N–H and O–H groups in total. The van der Waals surface area contributed by atoms with E-state index in [-0.39, 0.29) is 13.1 Å². The number of aldehydes is 1. The molecule has 132 valence electrons. The molecule has 0 bridgehead atoms. The molecule has 1 aliphatic heterocycles. The number of carbonyl (C=O) groups excluding carboxylic acids is 1. The number of halogens is 4. The van der Waals surface area contributed by atoms with Gasteiger partial charge in [-0.25, -0.2) is 17.6 Å². The average molecular weight is 351 g/mol. The molecule has 25 heavy (non-hydrogen) atoms. The van der Waals surface area contributed by atoms with Crippen LogP contribution in [0, 0.1) is 29.2 Å². The van der Waals surface area contributed by atoms with Gasteiger partial charge in [0.05, 0.1) is 0 Å². The summed E-state index contributed by atoms with van der Waals surface area (Å²) in [5.41, 5.74) is -0.860. The third-order valence-electron chi connectivity index (χ3n) is 4.92. The lowest BCUT2D eigenvalue weighted by Crippen LogP contribution is -2.35. The van der Waals surface area contributed by atoms with Gasteiger partial charge in [0, 0.05) is 42.6 Å². The molecule has 1 aliphatic rings. The second-order valence-corrected chi connectivity index (χ2v) is 6.66. The summed E-state index contributed by atoms with van der Waals surface area (Å²) in [6, 6.07) is 9.76. The Bertz CT molecular complexity index is 796. The van der Waals surface area contributed by atoms with Crippen LogP contribution in [0.5, 0.6) is 0 Å². The molecule has 2 aromatic rings. The molecule has 0 saturated carbocycles. The van der Waals surface area contributed by atoms with E-state index in [1.54, 1.807) is 0 Å². The molecule has 0 spiro atoms. The van der Waals surface area contributed by atoms with E-state index in [4.69, 9.17) is 0 Å². The van der Waals surface area contributed by atoms with Crippen LogP contribution < -0.4 is 0 Å². The molecule has 2 atom stereocenters. The van der Waals surface area contributed by atoms with Crippen molar-refractivity contribution in [1.29, 1.82) is 0 Å². The molecule has 0 radical (unpaired) electrons. The van der Waals surface area contributed by atoms with Crippen LogP contribution in [0.2, 0.25) is 0 Å². The minimum Gasteiger partial charge on any atom is -0.303 e. The largest absolute Gasteiger partial charge is 0.303 e. The maximum Gasteiger partial charge on any atom is 0.194 e. The summed E-state index contributed by atoms with van der Waals surface area (Å²) >= 11 is 0. The van der Waals surface area contributed by atoms with Crippen LogP contribution in [0.1, 0.15) is 18.1 Å². The first-order chi connectivity index (χ1) is 11.9. The molecule has 0 aliphatic carbocycles. The smallest absolute Gasteiger partial charge is 0.194 e. The molecular weight excluding hydrogens is 334 g/mol. The molecule has 2 aromatic carbocycles. The fourth-order valence-electron chi connectivity index (χ4n) is 3.64. The summed E-state index contributed by atoms with van der Waals surface area (Å²) in [4.78, 5) is 13.4. The summed E-state index contributed by atoms with van der Waals surface area (Å²) in [5.74, 6) is -6.77. The summed E-state index contributed by atoms with van der Waals surface area (Å²) in [7, 11) is 0. The zero-order valence-corrected chi connectivity index (χ0v) is 13.6. The van der Waals surface area contributed by atoms with Gasteiger partial charge >= 0.3 is 0 Å². The van der Waals surface area contributed by atoms with Crippen molar-refractivity contribution in [3.8, 4) is 0 Å². The van der Waals surface area contributed by atoms with Crippen molar-refractivity contribution in [3.05, 3.63) is 70.8 Å². The van der Waals surface area contributed by atoms with E-state index in [0.717, 1.165) is 5.56 Å². The van der Waals surface area contributed by atoms with Crippen molar-refractivity contribution in [1.82, 2.24) is 4.90 Å². The second-order valence-electron chi connectivity index (χ2n) is 6.66. The number of likely N-dealkylation sites (tertiary alicyclic amines) is 1. The summed E-state index contributed by atoms with van der Waals surface area (Å²) in [6.45, 7) is 2.45. The number of nitrogens with zero attached hydrogens (tertiary/aromatic N) is 1. The number of benzene rings is 2. The van der Waals surface area contributed by atoms with E-state index in [1.807, 2.05) is 35.2 Å². The van der Waals surface area contributed by atoms with Crippen LogP contribution in [0.15, 0.2) is 36.4 Å². The maximum atomic E-state index is 14.3. The third-order valence-corrected chi connectivity index (χ3v) is 4.92. The van der Waals surface area contributed by atoms with Gasteiger partial charge in [0.25, 0.3) is 0 Å². The lowest BCUT2D eigenvalue weighted by molar-refractivity contribution is -0.112. The Balaban J connectivity index is 1.97. The molecule has 1 fully saturated rings. The quantitative estimate of drug-likeness (QED) is 0.361. The van der Waals surface area contributed by atoms with Crippen molar-refractivity contribution in [2.75, 3.05) is 13.1 Å². The van der Waals surface area contributed by atoms with Gasteiger partial charge in [-0.3, -0.25) is 4.90 Å². The van der Waals surface area contributed by atoms with Gasteiger partial charge in [0.15, 0.2) is 17.5 Å². The molecule has 3 rings (SSSR count). The van der Waals surface area contributed by atoms with Gasteiger partial charge in [-0.2, -0.15) is 0 Å². The fourth-order valence-corrected chi connectivity index (χ4v) is 3.64. The zero-order chi connectivity index (χ0) is 18.2. The Kier molecular flexibility index (Phi) is 4.64. The molecule has 1 saturated heterocycles. The molecular formula is C19H17F4NO. The van der Waals surface area contributed by atoms with Crippen LogP contribution in [-0.2, 0) is 16.8 Å². The Hall–Kier alpha value is -2.21. The summed E-state index contributed by atoms with van der Waals surface area (Å²) in [5, 5.41) is 0. The van der Waals surface area contributed by atoms with Crippen molar-refractivity contribution >= 4 is 6.29 Å². The van der Waals surface area contributed by atoms with E-state index in [2.05, 4.69) is 0 Å². The summed E-state index contributed by atoms with van der Waals surface area (Å²) in [6.07, 6.45) is 0.630. The highest BCUT2D eigenvalue weighted by atomic mass is 19.2. The Morgan fingerprint density at radius 3 is 2.44 bits per heavy atom. The minimum absolute atomic E-state index is 0.157.